The highest BCUT2D eigenvalue weighted by Gasteiger charge is 2.76. The Hall–Kier alpha value is -4.58. The maximum Gasteiger partial charge on any atom is 0.254 e. The number of fused-ring (bicyclic) bond motifs is 5. The normalized spacial score (nSPS) is 28.4. The van der Waals surface area contributed by atoms with E-state index in [2.05, 4.69) is 26.2 Å². The molecule has 2 saturated heterocycles. The van der Waals surface area contributed by atoms with Crippen LogP contribution < -0.4 is 9.80 Å². The van der Waals surface area contributed by atoms with Crippen LogP contribution in [0, 0.1) is 17.8 Å². The molecule has 10 nitrogen and oxygen atoms in total. The maximum atomic E-state index is 14.5. The first kappa shape index (κ1) is 34.5. The van der Waals surface area contributed by atoms with Crippen molar-refractivity contribution < 1.29 is 24.3 Å². The highest BCUT2D eigenvalue weighted by atomic mass is 79.9. The first-order chi connectivity index (χ1) is 24.9. The summed E-state index contributed by atoms with van der Waals surface area (Å²) in [4.78, 5) is 57.1. The van der Waals surface area contributed by atoms with Gasteiger partial charge in [-0.05, 0) is 84.3 Å². The molecule has 0 radical (unpaired) electrons. The van der Waals surface area contributed by atoms with Gasteiger partial charge in [-0.3, -0.25) is 29.0 Å². The first-order valence-electron chi connectivity index (χ1n) is 16.8. The molecule has 52 heavy (non-hydrogen) atoms. The maximum absolute atomic E-state index is 14.5. The predicted octanol–water partition coefficient (Wildman–Crippen LogP) is 7.94. The molecule has 8 rings (SSSR count). The molecule has 6 atom stereocenters. The van der Waals surface area contributed by atoms with E-state index < -0.39 is 51.1 Å². The molecule has 0 aromatic heterocycles. The van der Waals surface area contributed by atoms with Crippen molar-refractivity contribution in [3.63, 3.8) is 0 Å². The molecule has 13 heteroatoms. The Kier molecular flexibility index (Phi) is 8.31. The number of hydrogen-bond acceptors (Lipinski definition) is 8. The number of allylic oxidation sites excluding steroid dienone is 2. The lowest BCUT2D eigenvalue weighted by molar-refractivity contribution is -0.138. The Morgan fingerprint density at radius 3 is 2.10 bits per heavy atom. The second kappa shape index (κ2) is 12.5. The van der Waals surface area contributed by atoms with Gasteiger partial charge in [0.25, 0.3) is 11.8 Å². The van der Waals surface area contributed by atoms with Gasteiger partial charge in [0.2, 0.25) is 11.8 Å². The molecule has 4 amide bonds. The van der Waals surface area contributed by atoms with Gasteiger partial charge in [0.05, 0.1) is 34.4 Å². The summed E-state index contributed by atoms with van der Waals surface area (Å²) in [6, 6.07) is 24.7. The number of nitrogens with zero attached hydrogens (tertiary/aromatic N) is 5. The van der Waals surface area contributed by atoms with E-state index in [1.807, 2.05) is 61.5 Å². The van der Waals surface area contributed by atoms with Crippen molar-refractivity contribution in [3.8, 4) is 5.75 Å². The number of likely N-dealkylation sites (tertiary alicyclic amines) is 1. The first-order valence-corrected chi connectivity index (χ1v) is 18.7. The number of aromatic hydroxyl groups is 1. The Morgan fingerprint density at radius 1 is 0.827 bits per heavy atom. The number of rotatable bonds is 6. The van der Waals surface area contributed by atoms with Gasteiger partial charge in [-0.1, -0.05) is 57.9 Å². The molecule has 1 saturated carbocycles. The van der Waals surface area contributed by atoms with Crippen LogP contribution in [-0.2, 0) is 19.2 Å². The van der Waals surface area contributed by atoms with Crippen molar-refractivity contribution in [2.75, 3.05) is 29.3 Å². The summed E-state index contributed by atoms with van der Waals surface area (Å²) in [6.45, 7) is 0. The fourth-order valence-electron chi connectivity index (χ4n) is 8.51. The minimum absolute atomic E-state index is 0.0411. The number of benzene rings is 4. The summed E-state index contributed by atoms with van der Waals surface area (Å²) in [6.07, 6.45) is 2.01. The van der Waals surface area contributed by atoms with E-state index in [4.69, 9.17) is 23.2 Å². The second-order valence-corrected chi connectivity index (χ2v) is 15.6. The van der Waals surface area contributed by atoms with Crippen LogP contribution in [0.2, 0.25) is 0 Å². The van der Waals surface area contributed by atoms with Crippen molar-refractivity contribution in [1.29, 1.82) is 0 Å². The summed E-state index contributed by atoms with van der Waals surface area (Å²) >= 11 is 18.1. The van der Waals surface area contributed by atoms with Crippen molar-refractivity contribution in [2.24, 2.45) is 28.0 Å². The Morgan fingerprint density at radius 2 is 1.46 bits per heavy atom. The van der Waals surface area contributed by atoms with Crippen LogP contribution in [0.1, 0.15) is 24.3 Å². The van der Waals surface area contributed by atoms with Crippen molar-refractivity contribution >= 4 is 96.3 Å². The molecule has 3 fully saturated rings. The highest BCUT2D eigenvalue weighted by Crippen LogP contribution is 2.66. The van der Waals surface area contributed by atoms with Gasteiger partial charge in [-0.25, -0.2) is 0 Å². The number of anilines is 2. The second-order valence-electron chi connectivity index (χ2n) is 13.8. The van der Waals surface area contributed by atoms with E-state index in [-0.39, 0.29) is 30.0 Å². The minimum Gasteiger partial charge on any atom is -0.507 e. The minimum atomic E-state index is -1.95. The zero-order valence-corrected chi connectivity index (χ0v) is 31.1. The number of halogens is 3. The predicted molar refractivity (Wildman–Crippen MR) is 203 cm³/mol. The van der Waals surface area contributed by atoms with Crippen molar-refractivity contribution in [2.45, 2.75) is 28.5 Å². The topological polar surface area (TPSA) is 123 Å². The van der Waals surface area contributed by atoms with E-state index in [1.54, 1.807) is 42.5 Å². The average Bonchev–Trinajstić information content (AvgIpc) is 3.49. The van der Waals surface area contributed by atoms with E-state index in [9.17, 15) is 24.3 Å². The summed E-state index contributed by atoms with van der Waals surface area (Å²) < 4.78 is 0. The quantitative estimate of drug-likeness (QED) is 0.0695. The fraction of sp³-hybridized carbons (Fsp3) is 0.282. The lowest BCUT2D eigenvalue weighted by Crippen LogP contribution is -2.60. The van der Waals surface area contributed by atoms with Gasteiger partial charge in [-0.15, -0.1) is 23.2 Å². The molecule has 4 aromatic carbocycles. The zero-order chi connectivity index (χ0) is 36.7. The molecule has 2 aliphatic carbocycles. The molecule has 0 unspecified atom stereocenters. The number of imide groups is 2. The molecule has 1 N–H and O–H groups in total. The summed E-state index contributed by atoms with van der Waals surface area (Å²) in [5.74, 6) is -5.20. The van der Waals surface area contributed by atoms with Crippen LogP contribution in [0.4, 0.5) is 22.7 Å². The smallest absolute Gasteiger partial charge is 0.254 e. The fourth-order valence-corrected chi connectivity index (χ4v) is 9.93. The SMILES string of the molecule is CN(C)c1ccc(N=Nc2ccc(N3C(=O)[C@H]4[C@H](CC=C5[C@H]4C[C@@]4(Cl)C(=O)N(CBr)C(=O)[C@@]4(Cl)[C@H]5c4ccc(O)c5ccccc45)C3=O)cc2)cc1. The van der Waals surface area contributed by atoms with Crippen LogP contribution >= 0.6 is 39.1 Å². The van der Waals surface area contributed by atoms with Crippen LogP contribution in [0.25, 0.3) is 10.8 Å². The largest absolute Gasteiger partial charge is 0.507 e. The molecule has 4 aliphatic rings. The molecule has 2 heterocycles. The van der Waals surface area contributed by atoms with Gasteiger partial charge < -0.3 is 10.0 Å². The van der Waals surface area contributed by atoms with Gasteiger partial charge in [0.1, 0.15) is 5.75 Å². The Bertz CT molecular complexity index is 2250. The van der Waals surface area contributed by atoms with Gasteiger partial charge in [0.15, 0.2) is 9.75 Å². The van der Waals surface area contributed by atoms with E-state index >= 15 is 0 Å². The number of carbonyl (C=O) groups is 4. The van der Waals surface area contributed by atoms with Crippen LogP contribution in [0.3, 0.4) is 0 Å². The van der Waals surface area contributed by atoms with E-state index in [0.717, 1.165) is 10.6 Å². The molecule has 4 aromatic rings. The molecular formula is C39H32BrCl2N5O5. The zero-order valence-electron chi connectivity index (χ0n) is 28.0. The number of phenols is 1. The van der Waals surface area contributed by atoms with E-state index in [0.29, 0.717) is 39.0 Å². The number of alkyl halides is 3. The van der Waals surface area contributed by atoms with Crippen LogP contribution in [-0.4, -0.2) is 62.9 Å². The summed E-state index contributed by atoms with van der Waals surface area (Å²) in [7, 11) is 3.91. The van der Waals surface area contributed by atoms with Crippen LogP contribution in [0.15, 0.2) is 107 Å². The lowest BCUT2D eigenvalue weighted by atomic mass is 9.56. The summed E-state index contributed by atoms with van der Waals surface area (Å²) in [5.41, 5.74) is 3.80. The highest BCUT2D eigenvalue weighted by molar-refractivity contribution is 9.09. The van der Waals surface area contributed by atoms with Gasteiger partial charge >= 0.3 is 0 Å². The third-order valence-corrected chi connectivity index (χ3v) is 12.9. The van der Waals surface area contributed by atoms with Gasteiger partial charge in [0, 0.05) is 31.1 Å². The molecular weight excluding hydrogens is 769 g/mol. The molecule has 2 aliphatic heterocycles. The number of azo groups is 1. The van der Waals surface area contributed by atoms with Gasteiger partial charge in [-0.2, -0.15) is 10.2 Å². The average molecular weight is 802 g/mol. The molecule has 264 valence electrons. The molecule has 0 bridgehead atoms. The third kappa shape index (κ3) is 4.89. The number of carbonyl (C=O) groups excluding carboxylic acids is 4. The lowest BCUT2D eigenvalue weighted by Gasteiger charge is -2.51. The Labute approximate surface area is 317 Å². The monoisotopic (exact) mass is 799 g/mol. The molecule has 0 spiro atoms. The van der Waals surface area contributed by atoms with E-state index in [1.165, 1.54) is 11.0 Å². The standard InChI is InChI=1S/C39H32BrCl2N5O5/c1-45(2)23-11-7-21(8-12-23)43-44-22-9-13-24(14-10-22)47-34(49)29-16-15-28-30(32(29)35(47)50)19-38(41)36(51)46(20-40)37(52)39(38,42)33(28)27-17-18-31(48)26-6-4-3-5-25(26)27/h3-15,17-18,29-30,32-33,48H,16,19-20H2,1-2H3/t29-,30+,32-,33-,38+,39-/m0/s1. The third-order valence-electron chi connectivity index (χ3n) is 11.0. The van der Waals surface area contributed by atoms with Crippen LogP contribution in [0.5, 0.6) is 5.75 Å². The number of hydrogen-bond donors (Lipinski definition) is 1. The number of phenolic OH excluding ortho intramolecular Hbond substituents is 1. The number of amides is 4. The summed E-state index contributed by atoms with van der Waals surface area (Å²) in [5, 5.41) is 20.5. The van der Waals surface area contributed by atoms with Crippen molar-refractivity contribution in [1.82, 2.24) is 4.90 Å². The Balaban J connectivity index is 1.16. The van der Waals surface area contributed by atoms with Crippen molar-refractivity contribution in [3.05, 3.63) is 102 Å².